The van der Waals surface area contributed by atoms with Crippen LogP contribution in [0.1, 0.15) is 11.1 Å². The van der Waals surface area contributed by atoms with Crippen LogP contribution < -0.4 is 10.5 Å². The molecule has 1 rings (SSSR count). The third-order valence-electron chi connectivity index (χ3n) is 2.77. The molecule has 5 nitrogen and oxygen atoms in total. The molecule has 0 radical (unpaired) electrons. The predicted octanol–water partition coefficient (Wildman–Crippen LogP) is 0.726. The second kappa shape index (κ2) is 5.69. The average Bonchev–Trinajstić information content (AvgIpc) is 2.22. The standard InChI is InChI=1S/C12H21N3O2S/c1-9-7-11(13)12(8-10(9)2)18(16,17)14-5-6-15(3)4/h7-8,14H,5-6,13H2,1-4H3. The van der Waals surface area contributed by atoms with Gasteiger partial charge in [0.15, 0.2) is 0 Å². The van der Waals surface area contributed by atoms with Crippen LogP contribution in [0.15, 0.2) is 17.0 Å². The van der Waals surface area contributed by atoms with Gasteiger partial charge in [-0.15, -0.1) is 0 Å². The molecule has 0 saturated heterocycles. The summed E-state index contributed by atoms with van der Waals surface area (Å²) in [5.74, 6) is 0. The molecule has 0 aromatic heterocycles. The van der Waals surface area contributed by atoms with E-state index in [0.717, 1.165) is 11.1 Å². The number of hydrogen-bond donors (Lipinski definition) is 2. The maximum absolute atomic E-state index is 12.1. The van der Waals surface area contributed by atoms with Gasteiger partial charge in [0.25, 0.3) is 0 Å². The summed E-state index contributed by atoms with van der Waals surface area (Å²) in [6.07, 6.45) is 0. The van der Waals surface area contributed by atoms with Crippen molar-refractivity contribution >= 4 is 15.7 Å². The van der Waals surface area contributed by atoms with Crippen molar-refractivity contribution < 1.29 is 8.42 Å². The summed E-state index contributed by atoms with van der Waals surface area (Å²) in [7, 11) is 0.248. The Kier molecular flexibility index (Phi) is 4.72. The monoisotopic (exact) mass is 271 g/mol. The van der Waals surface area contributed by atoms with Gasteiger partial charge >= 0.3 is 0 Å². The topological polar surface area (TPSA) is 75.4 Å². The Morgan fingerprint density at radius 1 is 1.22 bits per heavy atom. The molecular formula is C12H21N3O2S. The van der Waals surface area contributed by atoms with Gasteiger partial charge in [-0.2, -0.15) is 0 Å². The van der Waals surface area contributed by atoms with Crippen LogP contribution in [-0.2, 0) is 10.0 Å². The first kappa shape index (κ1) is 14.9. The number of likely N-dealkylation sites (N-methyl/N-ethyl adjacent to an activating group) is 1. The zero-order valence-electron chi connectivity index (χ0n) is 11.3. The van der Waals surface area contributed by atoms with Gasteiger partial charge in [0, 0.05) is 13.1 Å². The number of sulfonamides is 1. The number of nitrogen functional groups attached to an aromatic ring is 1. The van der Waals surface area contributed by atoms with Gasteiger partial charge in [0.2, 0.25) is 10.0 Å². The molecule has 0 spiro atoms. The highest BCUT2D eigenvalue weighted by atomic mass is 32.2. The zero-order chi connectivity index (χ0) is 13.9. The Morgan fingerprint density at radius 2 is 1.78 bits per heavy atom. The molecule has 6 heteroatoms. The molecule has 0 bridgehead atoms. The van der Waals surface area contributed by atoms with Gasteiger partial charge in [0.05, 0.1) is 5.69 Å². The molecule has 0 unspecified atom stereocenters. The van der Waals surface area contributed by atoms with Crippen molar-refractivity contribution in [3.63, 3.8) is 0 Å². The largest absolute Gasteiger partial charge is 0.398 e. The van der Waals surface area contributed by atoms with Crippen molar-refractivity contribution in [2.45, 2.75) is 18.7 Å². The van der Waals surface area contributed by atoms with Crippen molar-refractivity contribution in [1.82, 2.24) is 9.62 Å². The van der Waals surface area contributed by atoms with Crippen LogP contribution >= 0.6 is 0 Å². The Morgan fingerprint density at radius 3 is 2.33 bits per heavy atom. The highest BCUT2D eigenvalue weighted by Gasteiger charge is 2.17. The Bertz CT molecular complexity index is 524. The minimum Gasteiger partial charge on any atom is -0.398 e. The molecule has 18 heavy (non-hydrogen) atoms. The summed E-state index contributed by atoms with van der Waals surface area (Å²) in [5.41, 5.74) is 7.97. The summed E-state index contributed by atoms with van der Waals surface area (Å²) in [6, 6.07) is 3.30. The maximum atomic E-state index is 12.1. The zero-order valence-corrected chi connectivity index (χ0v) is 12.1. The molecule has 0 saturated carbocycles. The van der Waals surface area contributed by atoms with Crippen molar-refractivity contribution in [2.24, 2.45) is 0 Å². The molecule has 0 amide bonds. The van der Waals surface area contributed by atoms with E-state index in [1.807, 2.05) is 32.8 Å². The summed E-state index contributed by atoms with van der Waals surface area (Å²) in [5, 5.41) is 0. The van der Waals surface area contributed by atoms with Crippen molar-refractivity contribution in [1.29, 1.82) is 0 Å². The lowest BCUT2D eigenvalue weighted by molar-refractivity contribution is 0.412. The number of nitrogens with zero attached hydrogens (tertiary/aromatic N) is 1. The molecule has 1 aromatic rings. The molecule has 0 heterocycles. The van der Waals surface area contributed by atoms with E-state index in [1.165, 1.54) is 0 Å². The van der Waals surface area contributed by atoms with Gasteiger partial charge < -0.3 is 10.6 Å². The minimum absolute atomic E-state index is 0.157. The summed E-state index contributed by atoms with van der Waals surface area (Å²) < 4.78 is 26.7. The summed E-state index contributed by atoms with van der Waals surface area (Å²) in [4.78, 5) is 2.07. The number of aryl methyl sites for hydroxylation is 2. The first-order valence-electron chi connectivity index (χ1n) is 5.75. The van der Waals surface area contributed by atoms with Gasteiger partial charge in [-0.3, -0.25) is 0 Å². The van der Waals surface area contributed by atoms with Gasteiger partial charge in [0.1, 0.15) is 4.90 Å². The Hall–Kier alpha value is -1.11. The lowest BCUT2D eigenvalue weighted by Crippen LogP contribution is -2.31. The van der Waals surface area contributed by atoms with Gasteiger partial charge in [-0.25, -0.2) is 13.1 Å². The lowest BCUT2D eigenvalue weighted by atomic mass is 10.1. The van der Waals surface area contributed by atoms with Crippen LogP contribution in [0.3, 0.4) is 0 Å². The van der Waals surface area contributed by atoms with E-state index < -0.39 is 10.0 Å². The Labute approximate surface area is 109 Å². The van der Waals surface area contributed by atoms with Crippen LogP contribution in [0.25, 0.3) is 0 Å². The van der Waals surface area contributed by atoms with Gasteiger partial charge in [-0.1, -0.05) is 0 Å². The fourth-order valence-electron chi connectivity index (χ4n) is 1.53. The second-order valence-corrected chi connectivity index (χ2v) is 6.41. The number of nitrogens with two attached hydrogens (primary N) is 1. The SMILES string of the molecule is Cc1cc(N)c(S(=O)(=O)NCCN(C)C)cc1C. The third kappa shape index (κ3) is 3.69. The van der Waals surface area contributed by atoms with Crippen LogP contribution in [-0.4, -0.2) is 40.5 Å². The van der Waals surface area contributed by atoms with Crippen molar-refractivity contribution in [3.8, 4) is 0 Å². The van der Waals surface area contributed by atoms with E-state index in [9.17, 15) is 8.42 Å². The molecule has 0 atom stereocenters. The smallest absolute Gasteiger partial charge is 0.242 e. The molecule has 1 aromatic carbocycles. The number of nitrogens with one attached hydrogen (secondary N) is 1. The maximum Gasteiger partial charge on any atom is 0.242 e. The fraction of sp³-hybridized carbons (Fsp3) is 0.500. The second-order valence-electron chi connectivity index (χ2n) is 4.68. The molecule has 0 aliphatic carbocycles. The average molecular weight is 271 g/mol. The number of benzene rings is 1. The van der Waals surface area contributed by atoms with Crippen molar-refractivity contribution in [2.75, 3.05) is 32.9 Å². The predicted molar refractivity (Wildman–Crippen MR) is 74.1 cm³/mol. The third-order valence-corrected chi connectivity index (χ3v) is 4.28. The summed E-state index contributed by atoms with van der Waals surface area (Å²) >= 11 is 0. The number of anilines is 1. The van der Waals surface area contributed by atoms with E-state index >= 15 is 0 Å². The van der Waals surface area contributed by atoms with Gasteiger partial charge in [-0.05, 0) is 51.2 Å². The Balaban J connectivity index is 2.95. The highest BCUT2D eigenvalue weighted by Crippen LogP contribution is 2.22. The summed E-state index contributed by atoms with van der Waals surface area (Å²) in [6.45, 7) is 4.78. The highest BCUT2D eigenvalue weighted by molar-refractivity contribution is 7.89. The first-order valence-corrected chi connectivity index (χ1v) is 7.23. The number of rotatable bonds is 5. The minimum atomic E-state index is -3.53. The van der Waals surface area contributed by atoms with Crippen LogP contribution in [0, 0.1) is 13.8 Å². The molecule has 3 N–H and O–H groups in total. The quantitative estimate of drug-likeness (QED) is 0.774. The molecular weight excluding hydrogens is 250 g/mol. The van der Waals surface area contributed by atoms with E-state index in [1.54, 1.807) is 12.1 Å². The molecule has 0 aliphatic heterocycles. The van der Waals surface area contributed by atoms with Crippen LogP contribution in [0.4, 0.5) is 5.69 Å². The van der Waals surface area contributed by atoms with E-state index in [0.29, 0.717) is 13.1 Å². The normalized spacial score (nSPS) is 12.1. The van der Waals surface area contributed by atoms with E-state index in [-0.39, 0.29) is 10.6 Å². The lowest BCUT2D eigenvalue weighted by Gasteiger charge is -2.13. The van der Waals surface area contributed by atoms with Crippen molar-refractivity contribution in [3.05, 3.63) is 23.3 Å². The van der Waals surface area contributed by atoms with Crippen LogP contribution in [0.5, 0.6) is 0 Å². The number of hydrogen-bond acceptors (Lipinski definition) is 4. The fourth-order valence-corrected chi connectivity index (χ4v) is 2.74. The first-order chi connectivity index (χ1) is 8.24. The molecule has 102 valence electrons. The van der Waals surface area contributed by atoms with Crippen LogP contribution in [0.2, 0.25) is 0 Å². The van der Waals surface area contributed by atoms with E-state index in [2.05, 4.69) is 4.72 Å². The molecule has 0 aliphatic rings. The van der Waals surface area contributed by atoms with E-state index in [4.69, 9.17) is 5.73 Å². The molecule has 0 fully saturated rings.